The normalized spacial score (nSPS) is 22.7. The molecule has 2 aliphatic heterocycles. The van der Waals surface area contributed by atoms with Crippen molar-refractivity contribution in [3.05, 3.63) is 23.8 Å². The van der Waals surface area contributed by atoms with Crippen molar-refractivity contribution >= 4 is 11.6 Å². The SMILES string of the molecule is COc1ccc(C2=NOC(CC(=O)N3CCCCC3)C2)cc1OC1CCCC1. The average Bonchev–Trinajstić information content (AvgIpc) is 3.41. The first-order valence-electron chi connectivity index (χ1n) is 10.6. The second kappa shape index (κ2) is 8.84. The van der Waals surface area contributed by atoms with Gasteiger partial charge in [-0.3, -0.25) is 4.79 Å². The van der Waals surface area contributed by atoms with Gasteiger partial charge in [0.1, 0.15) is 6.10 Å². The molecule has 1 unspecified atom stereocenters. The molecule has 0 aromatic heterocycles. The highest BCUT2D eigenvalue weighted by Gasteiger charge is 2.28. The summed E-state index contributed by atoms with van der Waals surface area (Å²) in [5.41, 5.74) is 1.84. The topological polar surface area (TPSA) is 60.4 Å². The first-order valence-corrected chi connectivity index (χ1v) is 10.6. The molecule has 1 atom stereocenters. The third kappa shape index (κ3) is 4.42. The van der Waals surface area contributed by atoms with Gasteiger partial charge in [0.15, 0.2) is 11.5 Å². The molecule has 0 bridgehead atoms. The van der Waals surface area contributed by atoms with Gasteiger partial charge in [0.2, 0.25) is 5.91 Å². The number of carbonyl (C=O) groups excluding carboxylic acids is 1. The van der Waals surface area contributed by atoms with Gasteiger partial charge in [0.05, 0.1) is 25.3 Å². The smallest absolute Gasteiger partial charge is 0.226 e. The number of hydrogen-bond acceptors (Lipinski definition) is 5. The zero-order valence-corrected chi connectivity index (χ0v) is 16.7. The summed E-state index contributed by atoms with van der Waals surface area (Å²) in [6, 6.07) is 5.90. The molecule has 3 aliphatic rings. The highest BCUT2D eigenvalue weighted by Crippen LogP contribution is 2.33. The highest BCUT2D eigenvalue weighted by molar-refractivity contribution is 6.02. The molecular weight excluding hydrogens is 356 g/mol. The number of hydrogen-bond donors (Lipinski definition) is 0. The van der Waals surface area contributed by atoms with Crippen LogP contribution in [-0.2, 0) is 9.63 Å². The minimum Gasteiger partial charge on any atom is -0.493 e. The van der Waals surface area contributed by atoms with E-state index in [1.807, 2.05) is 23.1 Å². The quantitative estimate of drug-likeness (QED) is 0.744. The molecule has 6 nitrogen and oxygen atoms in total. The fourth-order valence-electron chi connectivity index (χ4n) is 4.31. The van der Waals surface area contributed by atoms with Crippen LogP contribution in [0.1, 0.15) is 63.4 Å². The van der Waals surface area contributed by atoms with Crippen molar-refractivity contribution in [3.8, 4) is 11.5 Å². The molecule has 28 heavy (non-hydrogen) atoms. The Labute approximate surface area is 166 Å². The van der Waals surface area contributed by atoms with Crippen molar-refractivity contribution < 1.29 is 19.1 Å². The van der Waals surface area contributed by atoms with Gasteiger partial charge in [-0.15, -0.1) is 0 Å². The summed E-state index contributed by atoms with van der Waals surface area (Å²) in [7, 11) is 1.66. The predicted molar refractivity (Wildman–Crippen MR) is 107 cm³/mol. The van der Waals surface area contributed by atoms with Crippen LogP contribution in [0, 0.1) is 0 Å². The molecule has 0 spiro atoms. The average molecular weight is 386 g/mol. The van der Waals surface area contributed by atoms with Crippen LogP contribution in [-0.4, -0.2) is 48.9 Å². The Kier molecular flexibility index (Phi) is 6.03. The van der Waals surface area contributed by atoms with Gasteiger partial charge < -0.3 is 19.2 Å². The second-order valence-electron chi connectivity index (χ2n) is 8.01. The number of amides is 1. The molecule has 152 valence electrons. The summed E-state index contributed by atoms with van der Waals surface area (Å²) in [5.74, 6) is 1.69. The largest absolute Gasteiger partial charge is 0.493 e. The Hall–Kier alpha value is -2.24. The molecule has 0 radical (unpaired) electrons. The first-order chi connectivity index (χ1) is 13.7. The highest BCUT2D eigenvalue weighted by atomic mass is 16.6. The predicted octanol–water partition coefficient (Wildman–Crippen LogP) is 3.91. The number of ether oxygens (including phenoxy) is 2. The Morgan fingerprint density at radius 3 is 2.68 bits per heavy atom. The molecule has 1 amide bonds. The maximum atomic E-state index is 12.5. The van der Waals surface area contributed by atoms with E-state index in [2.05, 4.69) is 5.16 Å². The zero-order chi connectivity index (χ0) is 19.3. The molecular formula is C22H30N2O4. The maximum Gasteiger partial charge on any atom is 0.226 e. The molecule has 1 aliphatic carbocycles. The van der Waals surface area contributed by atoms with Gasteiger partial charge >= 0.3 is 0 Å². The number of piperidine rings is 1. The van der Waals surface area contributed by atoms with Gasteiger partial charge in [0.25, 0.3) is 0 Å². The third-order valence-electron chi connectivity index (χ3n) is 5.94. The molecule has 1 aromatic rings. The lowest BCUT2D eigenvalue weighted by Gasteiger charge is -2.27. The number of likely N-dealkylation sites (tertiary alicyclic amines) is 1. The Morgan fingerprint density at radius 2 is 1.93 bits per heavy atom. The van der Waals surface area contributed by atoms with E-state index in [0.29, 0.717) is 12.8 Å². The Bertz CT molecular complexity index is 721. The lowest BCUT2D eigenvalue weighted by atomic mass is 10.0. The summed E-state index contributed by atoms with van der Waals surface area (Å²) in [6.07, 6.45) is 9.20. The fraction of sp³-hybridized carbons (Fsp3) is 0.636. The molecule has 2 heterocycles. The van der Waals surface area contributed by atoms with Crippen LogP contribution in [0.5, 0.6) is 11.5 Å². The summed E-state index contributed by atoms with van der Waals surface area (Å²) in [4.78, 5) is 20.0. The second-order valence-corrected chi connectivity index (χ2v) is 8.01. The van der Waals surface area contributed by atoms with Crippen LogP contribution in [0.15, 0.2) is 23.4 Å². The lowest BCUT2D eigenvalue weighted by molar-refractivity contribution is -0.134. The summed E-state index contributed by atoms with van der Waals surface area (Å²) in [5, 5.41) is 4.26. The lowest BCUT2D eigenvalue weighted by Crippen LogP contribution is -2.37. The molecule has 2 fully saturated rings. The van der Waals surface area contributed by atoms with Crippen LogP contribution < -0.4 is 9.47 Å². The van der Waals surface area contributed by atoms with E-state index in [1.54, 1.807) is 7.11 Å². The number of carbonyl (C=O) groups is 1. The van der Waals surface area contributed by atoms with E-state index in [1.165, 1.54) is 19.3 Å². The summed E-state index contributed by atoms with van der Waals surface area (Å²) < 4.78 is 11.7. The minimum atomic E-state index is -0.175. The number of methoxy groups -OCH3 is 1. The Morgan fingerprint density at radius 1 is 1.14 bits per heavy atom. The fourth-order valence-corrected chi connectivity index (χ4v) is 4.31. The Balaban J connectivity index is 1.38. The van der Waals surface area contributed by atoms with Gasteiger partial charge in [-0.1, -0.05) is 5.16 Å². The third-order valence-corrected chi connectivity index (χ3v) is 5.94. The van der Waals surface area contributed by atoms with Crippen molar-refractivity contribution in [2.75, 3.05) is 20.2 Å². The van der Waals surface area contributed by atoms with Crippen molar-refractivity contribution in [1.29, 1.82) is 0 Å². The van der Waals surface area contributed by atoms with Crippen molar-refractivity contribution in [2.24, 2.45) is 5.16 Å². The van der Waals surface area contributed by atoms with Crippen LogP contribution in [0.2, 0.25) is 0 Å². The zero-order valence-electron chi connectivity index (χ0n) is 16.7. The van der Waals surface area contributed by atoms with Gasteiger partial charge in [-0.2, -0.15) is 0 Å². The molecule has 4 rings (SSSR count). The van der Waals surface area contributed by atoms with E-state index in [0.717, 1.165) is 61.5 Å². The summed E-state index contributed by atoms with van der Waals surface area (Å²) in [6.45, 7) is 1.75. The standard InChI is InChI=1S/C22H30N2O4/c1-26-20-10-9-16(13-21(20)27-17-7-3-4-8-17)19-14-18(28-23-19)15-22(25)24-11-5-2-6-12-24/h9-10,13,17-18H,2-8,11-12,14-15H2,1H3. The number of rotatable bonds is 6. The van der Waals surface area contributed by atoms with Crippen LogP contribution in [0.4, 0.5) is 0 Å². The first kappa shape index (κ1) is 19.1. The molecule has 0 N–H and O–H groups in total. The van der Waals surface area contributed by atoms with Crippen LogP contribution in [0.25, 0.3) is 0 Å². The van der Waals surface area contributed by atoms with Crippen molar-refractivity contribution in [2.45, 2.75) is 70.0 Å². The van der Waals surface area contributed by atoms with Crippen LogP contribution >= 0.6 is 0 Å². The van der Waals surface area contributed by atoms with Crippen LogP contribution in [0.3, 0.4) is 0 Å². The summed E-state index contributed by atoms with van der Waals surface area (Å²) >= 11 is 0. The van der Waals surface area contributed by atoms with E-state index in [9.17, 15) is 4.79 Å². The van der Waals surface area contributed by atoms with E-state index < -0.39 is 0 Å². The van der Waals surface area contributed by atoms with E-state index in [4.69, 9.17) is 14.3 Å². The van der Waals surface area contributed by atoms with Crippen molar-refractivity contribution in [3.63, 3.8) is 0 Å². The minimum absolute atomic E-state index is 0.175. The number of benzene rings is 1. The van der Waals surface area contributed by atoms with Gasteiger partial charge in [-0.05, 0) is 63.1 Å². The maximum absolute atomic E-state index is 12.5. The van der Waals surface area contributed by atoms with Gasteiger partial charge in [0, 0.05) is 25.1 Å². The monoisotopic (exact) mass is 386 g/mol. The van der Waals surface area contributed by atoms with E-state index >= 15 is 0 Å². The molecule has 6 heteroatoms. The van der Waals surface area contributed by atoms with E-state index in [-0.39, 0.29) is 18.1 Å². The van der Waals surface area contributed by atoms with Gasteiger partial charge in [-0.25, -0.2) is 0 Å². The van der Waals surface area contributed by atoms with Crippen molar-refractivity contribution in [1.82, 2.24) is 4.90 Å². The number of oxime groups is 1. The molecule has 1 saturated heterocycles. The molecule has 1 saturated carbocycles. The number of nitrogens with zero attached hydrogens (tertiary/aromatic N) is 2. The molecule has 1 aromatic carbocycles.